The molecule has 116 valence electrons. The van der Waals surface area contributed by atoms with Crippen LogP contribution in [0.5, 0.6) is 0 Å². The lowest BCUT2D eigenvalue weighted by Crippen LogP contribution is -2.47. The molecule has 7 heteroatoms. The largest absolute Gasteiger partial charge is 0.467 e. The van der Waals surface area contributed by atoms with Gasteiger partial charge >= 0.3 is 5.97 Å². The van der Waals surface area contributed by atoms with Crippen LogP contribution in [0.25, 0.3) is 0 Å². The van der Waals surface area contributed by atoms with Crippen LogP contribution in [0.15, 0.2) is 0 Å². The normalized spacial score (nSPS) is 24.8. The molecule has 0 radical (unpaired) electrons. The lowest BCUT2D eigenvalue weighted by Gasteiger charge is -2.27. The molecule has 0 aromatic rings. The predicted molar refractivity (Wildman–Crippen MR) is 74.8 cm³/mol. The molecule has 1 aliphatic carbocycles. The van der Waals surface area contributed by atoms with E-state index in [0.29, 0.717) is 18.8 Å². The summed E-state index contributed by atoms with van der Waals surface area (Å²) in [5.74, 6) is -1.20. The zero-order chi connectivity index (χ0) is 15.3. The van der Waals surface area contributed by atoms with E-state index in [-0.39, 0.29) is 0 Å². The Labute approximate surface area is 120 Å². The highest BCUT2D eigenvalue weighted by Crippen LogP contribution is 2.29. The maximum absolute atomic E-state index is 12.4. The molecule has 3 atom stereocenters. The zero-order valence-electron chi connectivity index (χ0n) is 12.2. The highest BCUT2D eigenvalue weighted by atomic mass is 32.2. The molecule has 0 spiro atoms. The monoisotopic (exact) mass is 305 g/mol. The number of rotatable bonds is 5. The van der Waals surface area contributed by atoms with Gasteiger partial charge in [-0.1, -0.05) is 19.8 Å². The third-order valence-electron chi connectivity index (χ3n) is 3.66. The first-order valence-corrected chi connectivity index (χ1v) is 8.54. The molecule has 3 unspecified atom stereocenters. The second kappa shape index (κ2) is 7.06. The fourth-order valence-electron chi connectivity index (χ4n) is 2.63. The summed E-state index contributed by atoms with van der Waals surface area (Å²) in [4.78, 5) is 22.6. The minimum absolute atomic E-state index is 0.376. The number of ether oxygens (including phenoxy) is 1. The molecule has 0 saturated heterocycles. The van der Waals surface area contributed by atoms with Crippen molar-refractivity contribution in [3.8, 4) is 0 Å². The van der Waals surface area contributed by atoms with Crippen molar-refractivity contribution in [2.75, 3.05) is 12.9 Å². The molecule has 0 aromatic heterocycles. The van der Waals surface area contributed by atoms with Crippen molar-refractivity contribution in [3.63, 3.8) is 0 Å². The van der Waals surface area contributed by atoms with Gasteiger partial charge in [0.25, 0.3) is 0 Å². The summed E-state index contributed by atoms with van der Waals surface area (Å²) >= 11 is 0. The zero-order valence-corrected chi connectivity index (χ0v) is 13.0. The predicted octanol–water partition coefficient (Wildman–Crippen LogP) is 0.658. The molecule has 1 aliphatic rings. The van der Waals surface area contributed by atoms with Gasteiger partial charge in [0.1, 0.15) is 6.04 Å². The number of methoxy groups -OCH3 is 1. The van der Waals surface area contributed by atoms with E-state index in [1.54, 1.807) is 0 Å². The molecule has 20 heavy (non-hydrogen) atoms. The van der Waals surface area contributed by atoms with Gasteiger partial charge in [-0.05, 0) is 18.8 Å². The van der Waals surface area contributed by atoms with Crippen molar-refractivity contribution in [1.82, 2.24) is 5.32 Å². The second-order valence-corrected chi connectivity index (χ2v) is 7.83. The van der Waals surface area contributed by atoms with E-state index in [0.717, 1.165) is 12.8 Å². The number of nitrogens with one attached hydrogen (secondary N) is 1. The summed E-state index contributed by atoms with van der Waals surface area (Å²) in [6, 6.07) is -1.13. The molecule has 0 bridgehead atoms. The Morgan fingerprint density at radius 1 is 1.35 bits per heavy atom. The van der Waals surface area contributed by atoms with Crippen LogP contribution < -0.4 is 5.32 Å². The lowest BCUT2D eigenvalue weighted by molar-refractivity contribution is -0.144. The summed E-state index contributed by atoms with van der Waals surface area (Å²) in [6.45, 7) is 3.28. The molecule has 6 nitrogen and oxygen atoms in total. The van der Waals surface area contributed by atoms with Gasteiger partial charge in [-0.25, -0.2) is 13.2 Å². The number of carbonyl (C=O) groups is 2. The SMILES string of the molecule is COC(=O)C(CS(=O)(=O)C1CCCC(C)C1)NC(C)=O. The summed E-state index contributed by atoms with van der Waals surface area (Å²) in [5, 5.41) is 1.92. The van der Waals surface area contributed by atoms with Crippen molar-refractivity contribution >= 4 is 21.7 Å². The quantitative estimate of drug-likeness (QED) is 0.754. The van der Waals surface area contributed by atoms with E-state index in [2.05, 4.69) is 10.1 Å². The highest BCUT2D eigenvalue weighted by molar-refractivity contribution is 7.92. The third kappa shape index (κ3) is 4.77. The molecule has 0 aromatic carbocycles. The lowest BCUT2D eigenvalue weighted by atomic mass is 9.91. The average Bonchev–Trinajstić information content (AvgIpc) is 2.36. The van der Waals surface area contributed by atoms with E-state index in [4.69, 9.17) is 0 Å². The Morgan fingerprint density at radius 3 is 2.50 bits per heavy atom. The van der Waals surface area contributed by atoms with Crippen LogP contribution in [0.1, 0.15) is 39.5 Å². The average molecular weight is 305 g/mol. The van der Waals surface area contributed by atoms with E-state index >= 15 is 0 Å². The first-order chi connectivity index (χ1) is 9.26. The molecule has 1 rings (SSSR count). The number of hydrogen-bond acceptors (Lipinski definition) is 5. The molecule has 0 aliphatic heterocycles. The van der Waals surface area contributed by atoms with Gasteiger partial charge in [0.2, 0.25) is 5.91 Å². The summed E-state index contributed by atoms with van der Waals surface area (Å²) in [7, 11) is -2.26. The number of sulfone groups is 1. The minimum atomic E-state index is -3.43. The topological polar surface area (TPSA) is 89.5 Å². The van der Waals surface area contributed by atoms with E-state index in [1.165, 1.54) is 14.0 Å². The molecule has 1 amide bonds. The Bertz CT molecular complexity index is 459. The standard InChI is InChI=1S/C13H23NO5S/c1-9-5-4-6-11(7-9)20(17,18)8-12(13(16)19-3)14-10(2)15/h9,11-12H,4-8H2,1-3H3,(H,14,15). The third-order valence-corrected chi connectivity index (χ3v) is 5.90. The van der Waals surface area contributed by atoms with Crippen LogP contribution in [0.4, 0.5) is 0 Å². The van der Waals surface area contributed by atoms with Gasteiger partial charge in [-0.3, -0.25) is 4.79 Å². The molecule has 0 heterocycles. The second-order valence-electron chi connectivity index (χ2n) is 5.50. The maximum Gasteiger partial charge on any atom is 0.329 e. The number of esters is 1. The van der Waals surface area contributed by atoms with Gasteiger partial charge in [-0.2, -0.15) is 0 Å². The van der Waals surface area contributed by atoms with Crippen LogP contribution in [0.2, 0.25) is 0 Å². The Hall–Kier alpha value is -1.11. The highest BCUT2D eigenvalue weighted by Gasteiger charge is 2.35. The summed E-state index contributed by atoms with van der Waals surface area (Å²) in [6.07, 6.45) is 3.17. The fraction of sp³-hybridized carbons (Fsp3) is 0.846. The van der Waals surface area contributed by atoms with Crippen molar-refractivity contribution in [2.24, 2.45) is 5.92 Å². The van der Waals surface area contributed by atoms with E-state index in [9.17, 15) is 18.0 Å². The molecule has 1 fully saturated rings. The van der Waals surface area contributed by atoms with Crippen LogP contribution in [0, 0.1) is 5.92 Å². The van der Waals surface area contributed by atoms with Gasteiger partial charge < -0.3 is 10.1 Å². The molecule has 1 saturated carbocycles. The van der Waals surface area contributed by atoms with E-state index < -0.39 is 38.8 Å². The smallest absolute Gasteiger partial charge is 0.329 e. The van der Waals surface area contributed by atoms with Crippen LogP contribution in [-0.2, 0) is 24.2 Å². The van der Waals surface area contributed by atoms with Gasteiger partial charge in [0.15, 0.2) is 9.84 Å². The van der Waals surface area contributed by atoms with Crippen LogP contribution >= 0.6 is 0 Å². The van der Waals surface area contributed by atoms with Gasteiger partial charge in [0, 0.05) is 6.92 Å². The number of carbonyl (C=O) groups excluding carboxylic acids is 2. The van der Waals surface area contributed by atoms with E-state index in [1.807, 2.05) is 6.92 Å². The van der Waals surface area contributed by atoms with Crippen LogP contribution in [0.3, 0.4) is 0 Å². The Kier molecular flexibility index (Phi) is 5.98. The van der Waals surface area contributed by atoms with Gasteiger partial charge in [0.05, 0.1) is 18.1 Å². The first-order valence-electron chi connectivity index (χ1n) is 6.82. The van der Waals surface area contributed by atoms with Crippen LogP contribution in [-0.4, -0.2) is 44.4 Å². The Balaban J connectivity index is 2.79. The number of amides is 1. The maximum atomic E-state index is 12.4. The fourth-order valence-corrected chi connectivity index (χ4v) is 4.73. The minimum Gasteiger partial charge on any atom is -0.467 e. The van der Waals surface area contributed by atoms with Crippen molar-refractivity contribution < 1.29 is 22.7 Å². The van der Waals surface area contributed by atoms with Crippen molar-refractivity contribution in [1.29, 1.82) is 0 Å². The Morgan fingerprint density at radius 2 is 2.00 bits per heavy atom. The van der Waals surface area contributed by atoms with Gasteiger partial charge in [-0.15, -0.1) is 0 Å². The van der Waals surface area contributed by atoms with Crippen molar-refractivity contribution in [2.45, 2.75) is 50.8 Å². The molecular weight excluding hydrogens is 282 g/mol. The first kappa shape index (κ1) is 16.9. The van der Waals surface area contributed by atoms with Crippen molar-refractivity contribution in [3.05, 3.63) is 0 Å². The molecular formula is C13H23NO5S. The summed E-state index contributed by atoms with van der Waals surface area (Å²) < 4.78 is 29.3. The summed E-state index contributed by atoms with van der Waals surface area (Å²) in [5.41, 5.74) is 0. The molecule has 1 N–H and O–H groups in total. The number of hydrogen-bond donors (Lipinski definition) is 1.